The van der Waals surface area contributed by atoms with Crippen molar-refractivity contribution in [2.24, 2.45) is 11.8 Å². The lowest BCUT2D eigenvalue weighted by molar-refractivity contribution is -0.125. The average Bonchev–Trinajstić information content (AvgIpc) is 1.98. The number of rotatable bonds is 4. The van der Waals surface area contributed by atoms with Gasteiger partial charge in [-0.15, -0.1) is 0 Å². The summed E-state index contributed by atoms with van der Waals surface area (Å²) < 4.78 is 0. The van der Waals surface area contributed by atoms with Gasteiger partial charge in [-0.25, -0.2) is 0 Å². The van der Waals surface area contributed by atoms with Crippen molar-refractivity contribution in [1.29, 1.82) is 0 Å². The molecule has 0 rings (SSSR count). The lowest BCUT2D eigenvalue weighted by atomic mass is 10.1. The quantitative estimate of drug-likeness (QED) is 0.623. The fraction of sp³-hybridized carbons (Fsp3) is 0.875. The Hall–Kier alpha value is -0.570. The first-order valence-electron chi connectivity index (χ1n) is 3.96. The Morgan fingerprint density at radius 3 is 2.36 bits per heavy atom. The third-order valence-electron chi connectivity index (χ3n) is 1.41. The molecule has 0 heterocycles. The molecule has 66 valence electrons. The molecule has 0 aliphatic carbocycles. The Balaban J connectivity index is 3.52. The van der Waals surface area contributed by atoms with Crippen molar-refractivity contribution in [1.82, 2.24) is 5.32 Å². The van der Waals surface area contributed by atoms with Gasteiger partial charge in [-0.2, -0.15) is 0 Å². The van der Waals surface area contributed by atoms with E-state index in [0.29, 0.717) is 12.5 Å². The van der Waals surface area contributed by atoms with E-state index in [1.807, 2.05) is 13.8 Å². The zero-order chi connectivity index (χ0) is 8.85. The molecule has 0 radical (unpaired) electrons. The largest absolute Gasteiger partial charge is 0.396 e. The summed E-state index contributed by atoms with van der Waals surface area (Å²) >= 11 is 0. The summed E-state index contributed by atoms with van der Waals surface area (Å²) in [4.78, 5) is 11.0. The molecular weight excluding hydrogens is 142 g/mol. The summed E-state index contributed by atoms with van der Waals surface area (Å²) in [6, 6.07) is 0. The lowest BCUT2D eigenvalue weighted by Gasteiger charge is -2.10. The highest BCUT2D eigenvalue weighted by Crippen LogP contribution is 1.93. The zero-order valence-electron chi connectivity index (χ0n) is 7.42. The Morgan fingerprint density at radius 2 is 2.00 bits per heavy atom. The second-order valence-electron chi connectivity index (χ2n) is 3.22. The fourth-order valence-corrected chi connectivity index (χ4v) is 0.562. The first-order chi connectivity index (χ1) is 5.07. The molecule has 0 aliphatic rings. The predicted octanol–water partition coefficient (Wildman–Crippen LogP) is 0.387. The van der Waals surface area contributed by atoms with Crippen LogP contribution in [0.3, 0.4) is 0 Å². The molecule has 3 nitrogen and oxygen atoms in total. The molecule has 0 aromatic rings. The Morgan fingerprint density at radius 1 is 1.45 bits per heavy atom. The molecule has 0 bridgehead atoms. The van der Waals surface area contributed by atoms with Crippen molar-refractivity contribution in [3.05, 3.63) is 0 Å². The van der Waals surface area contributed by atoms with E-state index in [9.17, 15) is 4.79 Å². The average molecular weight is 159 g/mol. The van der Waals surface area contributed by atoms with Crippen LogP contribution in [0, 0.1) is 11.8 Å². The van der Waals surface area contributed by atoms with Crippen molar-refractivity contribution in [2.75, 3.05) is 13.2 Å². The maximum absolute atomic E-state index is 11.0. The van der Waals surface area contributed by atoms with Crippen LogP contribution in [-0.4, -0.2) is 24.2 Å². The van der Waals surface area contributed by atoms with Crippen LogP contribution >= 0.6 is 0 Å². The second-order valence-corrected chi connectivity index (χ2v) is 3.22. The van der Waals surface area contributed by atoms with E-state index < -0.39 is 0 Å². The van der Waals surface area contributed by atoms with Gasteiger partial charge >= 0.3 is 0 Å². The minimum absolute atomic E-state index is 0.0683. The zero-order valence-corrected chi connectivity index (χ0v) is 7.42. The van der Waals surface area contributed by atoms with Crippen LogP contribution in [0.4, 0.5) is 0 Å². The first-order valence-corrected chi connectivity index (χ1v) is 3.96. The standard InChI is InChI=1S/C8H17NO2/c1-6(2)4-9-8(11)7(3)5-10/h6-7,10H,4-5H2,1-3H3,(H,9,11). The number of amides is 1. The first kappa shape index (κ1) is 10.4. The van der Waals surface area contributed by atoms with Gasteiger partial charge in [0, 0.05) is 6.54 Å². The smallest absolute Gasteiger partial charge is 0.225 e. The van der Waals surface area contributed by atoms with Crippen LogP contribution in [0.25, 0.3) is 0 Å². The van der Waals surface area contributed by atoms with Crippen LogP contribution in [0.15, 0.2) is 0 Å². The van der Waals surface area contributed by atoms with Crippen molar-refractivity contribution in [2.45, 2.75) is 20.8 Å². The molecule has 11 heavy (non-hydrogen) atoms. The normalized spacial score (nSPS) is 13.2. The summed E-state index contributed by atoms with van der Waals surface area (Å²) in [5, 5.41) is 11.3. The number of hydrogen-bond acceptors (Lipinski definition) is 2. The van der Waals surface area contributed by atoms with E-state index >= 15 is 0 Å². The predicted molar refractivity (Wildman–Crippen MR) is 44.1 cm³/mol. The van der Waals surface area contributed by atoms with Crippen LogP contribution in [-0.2, 0) is 4.79 Å². The van der Waals surface area contributed by atoms with E-state index in [2.05, 4.69) is 5.32 Å². The highest BCUT2D eigenvalue weighted by atomic mass is 16.3. The van der Waals surface area contributed by atoms with Crippen LogP contribution in [0.1, 0.15) is 20.8 Å². The Kier molecular flexibility index (Phi) is 4.86. The third-order valence-corrected chi connectivity index (χ3v) is 1.41. The summed E-state index contributed by atoms with van der Waals surface area (Å²) in [5.74, 6) is 0.111. The molecule has 3 heteroatoms. The molecule has 0 aromatic heterocycles. The molecule has 2 N–H and O–H groups in total. The van der Waals surface area contributed by atoms with E-state index in [4.69, 9.17) is 5.11 Å². The van der Waals surface area contributed by atoms with Gasteiger partial charge in [0.1, 0.15) is 0 Å². The molecule has 0 fully saturated rings. The van der Waals surface area contributed by atoms with Gasteiger partial charge in [-0.3, -0.25) is 4.79 Å². The van der Waals surface area contributed by atoms with Crippen molar-refractivity contribution >= 4 is 5.91 Å². The van der Waals surface area contributed by atoms with E-state index in [-0.39, 0.29) is 18.4 Å². The topological polar surface area (TPSA) is 49.3 Å². The summed E-state index contributed by atoms with van der Waals surface area (Å²) in [5.41, 5.74) is 0. The molecule has 0 saturated heterocycles. The minimum Gasteiger partial charge on any atom is -0.396 e. The van der Waals surface area contributed by atoms with Crippen molar-refractivity contribution < 1.29 is 9.90 Å². The van der Waals surface area contributed by atoms with Gasteiger partial charge < -0.3 is 10.4 Å². The molecule has 1 amide bonds. The maximum Gasteiger partial charge on any atom is 0.225 e. The van der Waals surface area contributed by atoms with Gasteiger partial charge in [0.05, 0.1) is 12.5 Å². The number of carbonyl (C=O) groups is 1. The number of aliphatic hydroxyl groups is 1. The highest BCUT2D eigenvalue weighted by molar-refractivity contribution is 5.78. The number of hydrogen-bond donors (Lipinski definition) is 2. The van der Waals surface area contributed by atoms with E-state index in [1.165, 1.54) is 0 Å². The van der Waals surface area contributed by atoms with Crippen molar-refractivity contribution in [3.8, 4) is 0 Å². The van der Waals surface area contributed by atoms with E-state index in [1.54, 1.807) is 6.92 Å². The van der Waals surface area contributed by atoms with Gasteiger partial charge in [0.2, 0.25) is 5.91 Å². The van der Waals surface area contributed by atoms with Crippen molar-refractivity contribution in [3.63, 3.8) is 0 Å². The molecule has 1 unspecified atom stereocenters. The summed E-state index contributed by atoms with van der Waals surface area (Å²) in [7, 11) is 0. The number of nitrogens with one attached hydrogen (secondary N) is 1. The van der Waals surface area contributed by atoms with Crippen LogP contribution in [0.2, 0.25) is 0 Å². The van der Waals surface area contributed by atoms with Gasteiger partial charge in [-0.1, -0.05) is 20.8 Å². The number of aliphatic hydroxyl groups excluding tert-OH is 1. The SMILES string of the molecule is CC(C)CNC(=O)C(C)CO. The molecule has 1 atom stereocenters. The number of carbonyl (C=O) groups excluding carboxylic acids is 1. The maximum atomic E-state index is 11.0. The lowest BCUT2D eigenvalue weighted by Crippen LogP contribution is -2.33. The van der Waals surface area contributed by atoms with Crippen LogP contribution < -0.4 is 5.32 Å². The fourth-order valence-electron chi connectivity index (χ4n) is 0.562. The van der Waals surface area contributed by atoms with Gasteiger partial charge in [0.25, 0.3) is 0 Å². The molecule has 0 spiro atoms. The monoisotopic (exact) mass is 159 g/mol. The van der Waals surface area contributed by atoms with Crippen LogP contribution in [0.5, 0.6) is 0 Å². The molecular formula is C8H17NO2. The molecule has 0 aliphatic heterocycles. The van der Waals surface area contributed by atoms with Gasteiger partial charge in [-0.05, 0) is 5.92 Å². The highest BCUT2D eigenvalue weighted by Gasteiger charge is 2.10. The van der Waals surface area contributed by atoms with E-state index in [0.717, 1.165) is 0 Å². The summed E-state index contributed by atoms with van der Waals surface area (Å²) in [6.07, 6.45) is 0. The summed E-state index contributed by atoms with van der Waals surface area (Å²) in [6.45, 7) is 6.37. The molecule has 0 saturated carbocycles. The second kappa shape index (κ2) is 5.13. The van der Waals surface area contributed by atoms with Gasteiger partial charge in [0.15, 0.2) is 0 Å². The minimum atomic E-state index is -0.284. The third kappa shape index (κ3) is 4.79. The Labute approximate surface area is 67.8 Å². The Bertz CT molecular complexity index is 123. The molecule has 0 aromatic carbocycles.